The summed E-state index contributed by atoms with van der Waals surface area (Å²) >= 11 is 0. The van der Waals surface area contributed by atoms with Crippen LogP contribution in [0.15, 0.2) is 18.2 Å². The lowest BCUT2D eigenvalue weighted by Gasteiger charge is -2.18. The van der Waals surface area contributed by atoms with Crippen molar-refractivity contribution < 1.29 is 13.5 Å². The quantitative estimate of drug-likeness (QED) is 0.789. The van der Waals surface area contributed by atoms with Gasteiger partial charge in [-0.1, -0.05) is 20.8 Å². The largest absolute Gasteiger partial charge is 0.489 e. The average Bonchev–Trinajstić information content (AvgIpc) is 2.24. The van der Waals surface area contributed by atoms with E-state index in [4.69, 9.17) is 4.74 Å². The Hall–Kier alpha value is -1.16. The van der Waals surface area contributed by atoms with E-state index in [1.165, 1.54) is 12.1 Å². The fourth-order valence-corrected chi connectivity index (χ4v) is 1.41. The molecule has 18 heavy (non-hydrogen) atoms. The molecule has 0 aliphatic carbocycles. The SMILES string of the molecule is CC(C)(C)CCNCCOc1ccc(F)cc1F. The van der Waals surface area contributed by atoms with E-state index >= 15 is 0 Å². The molecule has 0 aliphatic heterocycles. The molecular formula is C14H21F2NO. The normalized spacial score (nSPS) is 11.6. The summed E-state index contributed by atoms with van der Waals surface area (Å²) in [6.07, 6.45) is 1.07. The molecule has 1 aromatic carbocycles. The predicted molar refractivity (Wildman–Crippen MR) is 68.8 cm³/mol. The summed E-state index contributed by atoms with van der Waals surface area (Å²) in [7, 11) is 0. The van der Waals surface area contributed by atoms with E-state index in [0.29, 0.717) is 18.6 Å². The smallest absolute Gasteiger partial charge is 0.167 e. The van der Waals surface area contributed by atoms with Crippen molar-refractivity contribution in [3.63, 3.8) is 0 Å². The lowest BCUT2D eigenvalue weighted by atomic mass is 9.92. The third-order valence-corrected chi connectivity index (χ3v) is 2.48. The highest BCUT2D eigenvalue weighted by Gasteiger charge is 2.08. The van der Waals surface area contributed by atoms with Gasteiger partial charge < -0.3 is 10.1 Å². The van der Waals surface area contributed by atoms with E-state index in [-0.39, 0.29) is 5.75 Å². The van der Waals surface area contributed by atoms with Gasteiger partial charge in [-0.15, -0.1) is 0 Å². The molecule has 1 N–H and O–H groups in total. The Kier molecular flexibility index (Phi) is 5.54. The van der Waals surface area contributed by atoms with Gasteiger partial charge in [0.15, 0.2) is 11.6 Å². The maximum Gasteiger partial charge on any atom is 0.167 e. The molecule has 0 saturated heterocycles. The summed E-state index contributed by atoms with van der Waals surface area (Å²) in [5.41, 5.74) is 0.303. The molecule has 2 nitrogen and oxygen atoms in total. The zero-order chi connectivity index (χ0) is 13.6. The standard InChI is InChI=1S/C14H21F2NO/c1-14(2,3)6-7-17-8-9-18-13-5-4-11(15)10-12(13)16/h4-5,10,17H,6-9H2,1-3H3. The number of hydrogen-bond acceptors (Lipinski definition) is 2. The zero-order valence-electron chi connectivity index (χ0n) is 11.2. The summed E-state index contributed by atoms with van der Waals surface area (Å²) in [6, 6.07) is 3.31. The molecule has 0 unspecified atom stereocenters. The van der Waals surface area contributed by atoms with E-state index < -0.39 is 11.6 Å². The van der Waals surface area contributed by atoms with Gasteiger partial charge in [0.1, 0.15) is 12.4 Å². The van der Waals surface area contributed by atoms with Gasteiger partial charge in [0.2, 0.25) is 0 Å². The van der Waals surface area contributed by atoms with Crippen LogP contribution in [0.3, 0.4) is 0 Å². The molecule has 0 aromatic heterocycles. The second-order valence-corrected chi connectivity index (χ2v) is 5.48. The minimum atomic E-state index is -0.662. The summed E-state index contributed by atoms with van der Waals surface area (Å²) in [5.74, 6) is -1.16. The van der Waals surface area contributed by atoms with Gasteiger partial charge in [-0.2, -0.15) is 0 Å². The van der Waals surface area contributed by atoms with Gasteiger partial charge in [-0.25, -0.2) is 8.78 Å². The lowest BCUT2D eigenvalue weighted by molar-refractivity contribution is 0.291. The van der Waals surface area contributed by atoms with Gasteiger partial charge in [-0.05, 0) is 30.5 Å². The first-order valence-corrected chi connectivity index (χ1v) is 6.17. The molecule has 0 heterocycles. The number of rotatable bonds is 6. The summed E-state index contributed by atoms with van der Waals surface area (Å²) in [6.45, 7) is 8.45. The third-order valence-electron chi connectivity index (χ3n) is 2.48. The summed E-state index contributed by atoms with van der Waals surface area (Å²) in [5, 5.41) is 3.22. The summed E-state index contributed by atoms with van der Waals surface area (Å²) < 4.78 is 31.1. The van der Waals surface area contributed by atoms with Crippen LogP contribution in [0, 0.1) is 17.0 Å². The number of nitrogens with one attached hydrogen (secondary N) is 1. The highest BCUT2D eigenvalue weighted by atomic mass is 19.1. The van der Waals surface area contributed by atoms with Gasteiger partial charge in [0.05, 0.1) is 0 Å². The molecule has 0 radical (unpaired) electrons. The van der Waals surface area contributed by atoms with Crippen molar-refractivity contribution in [3.8, 4) is 5.75 Å². The predicted octanol–water partition coefficient (Wildman–Crippen LogP) is 3.37. The molecule has 0 spiro atoms. The Morgan fingerprint density at radius 3 is 2.50 bits per heavy atom. The molecule has 0 amide bonds. The first-order valence-electron chi connectivity index (χ1n) is 6.17. The van der Waals surface area contributed by atoms with Crippen LogP contribution >= 0.6 is 0 Å². The molecule has 4 heteroatoms. The van der Waals surface area contributed by atoms with Crippen molar-refractivity contribution in [2.45, 2.75) is 27.2 Å². The minimum Gasteiger partial charge on any atom is -0.489 e. The van der Waals surface area contributed by atoms with E-state index in [2.05, 4.69) is 26.1 Å². The minimum absolute atomic E-state index is 0.0917. The van der Waals surface area contributed by atoms with E-state index in [9.17, 15) is 8.78 Å². The fourth-order valence-electron chi connectivity index (χ4n) is 1.41. The molecule has 0 bridgehead atoms. The van der Waals surface area contributed by atoms with Crippen molar-refractivity contribution in [1.29, 1.82) is 0 Å². The van der Waals surface area contributed by atoms with E-state index in [1.807, 2.05) is 0 Å². The van der Waals surface area contributed by atoms with Crippen LogP contribution in [0.25, 0.3) is 0 Å². The van der Waals surface area contributed by atoms with Gasteiger partial charge in [0, 0.05) is 12.6 Å². The van der Waals surface area contributed by atoms with Crippen LogP contribution in [0.1, 0.15) is 27.2 Å². The van der Waals surface area contributed by atoms with Crippen molar-refractivity contribution in [2.75, 3.05) is 19.7 Å². The Morgan fingerprint density at radius 2 is 1.89 bits per heavy atom. The topological polar surface area (TPSA) is 21.3 Å². The van der Waals surface area contributed by atoms with E-state index in [0.717, 1.165) is 19.0 Å². The molecule has 0 atom stereocenters. The van der Waals surface area contributed by atoms with Crippen LogP contribution in [-0.2, 0) is 0 Å². The van der Waals surface area contributed by atoms with Crippen LogP contribution in [-0.4, -0.2) is 19.7 Å². The monoisotopic (exact) mass is 257 g/mol. The van der Waals surface area contributed by atoms with Crippen molar-refractivity contribution >= 4 is 0 Å². The Balaban J connectivity index is 2.18. The Labute approximate surface area is 107 Å². The Bertz CT molecular complexity index is 375. The van der Waals surface area contributed by atoms with Crippen LogP contribution in [0.4, 0.5) is 8.78 Å². The van der Waals surface area contributed by atoms with Gasteiger partial charge in [-0.3, -0.25) is 0 Å². The first-order chi connectivity index (χ1) is 8.38. The molecule has 1 aromatic rings. The average molecular weight is 257 g/mol. The highest BCUT2D eigenvalue weighted by Crippen LogP contribution is 2.18. The zero-order valence-corrected chi connectivity index (χ0v) is 11.2. The van der Waals surface area contributed by atoms with Gasteiger partial charge in [0.25, 0.3) is 0 Å². The maximum absolute atomic E-state index is 13.2. The van der Waals surface area contributed by atoms with Crippen LogP contribution in [0.5, 0.6) is 5.75 Å². The van der Waals surface area contributed by atoms with Crippen molar-refractivity contribution in [2.24, 2.45) is 5.41 Å². The second-order valence-electron chi connectivity index (χ2n) is 5.48. The van der Waals surface area contributed by atoms with E-state index in [1.54, 1.807) is 0 Å². The van der Waals surface area contributed by atoms with Crippen LogP contribution < -0.4 is 10.1 Å². The number of ether oxygens (including phenoxy) is 1. The van der Waals surface area contributed by atoms with Gasteiger partial charge >= 0.3 is 0 Å². The third kappa shape index (κ3) is 5.96. The molecule has 102 valence electrons. The fraction of sp³-hybridized carbons (Fsp3) is 0.571. The van der Waals surface area contributed by atoms with Crippen LogP contribution in [0.2, 0.25) is 0 Å². The highest BCUT2D eigenvalue weighted by molar-refractivity contribution is 5.24. The maximum atomic E-state index is 13.2. The molecule has 1 rings (SSSR count). The van der Waals surface area contributed by atoms with Crippen molar-refractivity contribution in [3.05, 3.63) is 29.8 Å². The second kappa shape index (κ2) is 6.69. The molecule has 0 saturated carbocycles. The molecular weight excluding hydrogens is 236 g/mol. The number of hydrogen-bond donors (Lipinski definition) is 1. The number of benzene rings is 1. The molecule has 0 aliphatic rings. The first kappa shape index (κ1) is 14.9. The number of halogens is 2. The summed E-state index contributed by atoms with van der Waals surface area (Å²) in [4.78, 5) is 0. The van der Waals surface area contributed by atoms with Crippen molar-refractivity contribution in [1.82, 2.24) is 5.32 Å². The lowest BCUT2D eigenvalue weighted by Crippen LogP contribution is -2.25. The molecule has 0 fully saturated rings. The Morgan fingerprint density at radius 1 is 1.17 bits per heavy atom.